The topological polar surface area (TPSA) is 63.7 Å². The molecule has 0 fully saturated rings. The van der Waals surface area contributed by atoms with Crippen LogP contribution in [0.3, 0.4) is 0 Å². The number of carbonyl (C=O) groups is 2. The van der Waals surface area contributed by atoms with Gasteiger partial charge in [-0.25, -0.2) is 0 Å². The molecule has 0 spiro atoms. The fourth-order valence-corrected chi connectivity index (χ4v) is 19.8. The van der Waals surface area contributed by atoms with Crippen LogP contribution in [-0.2, 0) is 23.7 Å². The zero-order chi connectivity index (χ0) is 59.7. The van der Waals surface area contributed by atoms with E-state index in [4.69, 9.17) is 8.83 Å². The van der Waals surface area contributed by atoms with Gasteiger partial charge in [-0.2, -0.15) is 0 Å². The molecule has 0 bridgehead atoms. The average molecular weight is 1210 g/mol. The van der Waals surface area contributed by atoms with Crippen LogP contribution in [0, 0.1) is 11.8 Å². The van der Waals surface area contributed by atoms with Gasteiger partial charge in [0.25, 0.3) is 11.8 Å². The van der Waals surface area contributed by atoms with Crippen molar-refractivity contribution < 1.29 is 18.4 Å². The van der Waals surface area contributed by atoms with Crippen LogP contribution >= 0.6 is 45.3 Å². The van der Waals surface area contributed by atoms with Gasteiger partial charge < -0.3 is 8.83 Å². The lowest BCUT2D eigenvalue weighted by atomic mass is 9.72. The molecular formula is C76H95NO4S4. The summed E-state index contributed by atoms with van der Waals surface area (Å²) in [5, 5.41) is 3.38. The van der Waals surface area contributed by atoms with E-state index in [9.17, 15) is 4.79 Å². The molecule has 3 aromatic carbocycles. The van der Waals surface area contributed by atoms with Crippen LogP contribution in [0.25, 0.3) is 62.7 Å². The van der Waals surface area contributed by atoms with Crippen molar-refractivity contribution in [3.05, 3.63) is 140 Å². The number of hydrogen-bond donors (Lipinski definition) is 0. The summed E-state index contributed by atoms with van der Waals surface area (Å²) in [6, 6.07) is 36.5. The second-order valence-electron chi connectivity index (χ2n) is 25.1. The van der Waals surface area contributed by atoms with Crippen molar-refractivity contribution in [3.63, 3.8) is 0 Å². The summed E-state index contributed by atoms with van der Waals surface area (Å²) in [6.07, 6.45) is 26.3. The summed E-state index contributed by atoms with van der Waals surface area (Å²) >= 11 is 7.27. The summed E-state index contributed by atoms with van der Waals surface area (Å²) in [5.74, 6) is 4.82. The molecule has 0 saturated carbocycles. The fourth-order valence-electron chi connectivity index (χ4n) is 14.0. The lowest BCUT2D eigenvalue weighted by Gasteiger charge is -2.34. The molecule has 4 unspecified atom stereocenters. The Bertz CT molecular complexity index is 3530. The molecule has 6 aromatic heterocycles. The standard InChI is InChI=1S/C76H95NO4S4/c1-10-18-23-24-32-46-77-73(78)66-65-70(84-71(66)74(77)79)69(85-72(65)75(9,44-31-19-11-2)53-35-27-25-28-36-53)61-49-57-63(59-41-39-55(80-59)47-51(16-7)33-20-12-3)68-58(50-62(83-68)76(43-15-6,45-22-14-5)54-37-29-26-30-38-54)64(67(57)82-61)60-42-40-56(81-60)48-52(17-8)34-21-13-4/h25-30,35-42,49-52H,10-24,31-34,43-48H2,1-9H3. The minimum Gasteiger partial charge on any atom is -0.461 e. The molecule has 10 rings (SSSR count). The number of carbonyl (C=O) groups excluding carboxylic acids is 2. The van der Waals surface area contributed by atoms with Gasteiger partial charge in [0, 0.05) is 81.5 Å². The number of amides is 2. The zero-order valence-corrected chi connectivity index (χ0v) is 56.0. The first-order valence-electron chi connectivity index (χ1n) is 33.3. The first kappa shape index (κ1) is 63.0. The van der Waals surface area contributed by atoms with E-state index in [2.05, 4.69) is 159 Å². The van der Waals surface area contributed by atoms with E-state index in [1.807, 2.05) is 34.0 Å². The molecule has 0 N–H and O–H groups in total. The Balaban J connectivity index is 1.27. The van der Waals surface area contributed by atoms with Crippen LogP contribution in [-0.4, -0.2) is 23.3 Å². The molecule has 9 aromatic rings. The highest BCUT2D eigenvalue weighted by Gasteiger charge is 2.45. The van der Waals surface area contributed by atoms with Crippen molar-refractivity contribution in [2.45, 2.75) is 227 Å². The van der Waals surface area contributed by atoms with Gasteiger partial charge in [0.05, 0.1) is 15.1 Å². The predicted molar refractivity (Wildman–Crippen MR) is 368 cm³/mol. The predicted octanol–water partition coefficient (Wildman–Crippen LogP) is 24.8. The van der Waals surface area contributed by atoms with Crippen molar-refractivity contribution >= 4 is 87.4 Å². The normalized spacial score (nSPS) is 15.0. The average Bonchev–Trinajstić information content (AvgIpc) is 1.59. The highest BCUT2D eigenvalue weighted by molar-refractivity contribution is 7.32. The zero-order valence-electron chi connectivity index (χ0n) is 52.8. The molecule has 4 atom stereocenters. The Kier molecular flexibility index (Phi) is 21.4. The number of nitrogens with zero attached hydrogens (tertiary/aromatic N) is 1. The van der Waals surface area contributed by atoms with Gasteiger partial charge in [0.15, 0.2) is 0 Å². The summed E-state index contributed by atoms with van der Waals surface area (Å²) in [6.45, 7) is 21.3. The first-order valence-corrected chi connectivity index (χ1v) is 36.6. The molecule has 0 aliphatic carbocycles. The largest absolute Gasteiger partial charge is 0.461 e. The minimum atomic E-state index is -0.410. The molecule has 7 heterocycles. The van der Waals surface area contributed by atoms with Crippen LogP contribution in [0.15, 0.2) is 106 Å². The van der Waals surface area contributed by atoms with Crippen molar-refractivity contribution in [3.8, 4) is 32.4 Å². The van der Waals surface area contributed by atoms with Crippen molar-refractivity contribution in [2.24, 2.45) is 11.8 Å². The fraction of sp³-hybridized carbons (Fsp3) is 0.500. The summed E-state index contributed by atoms with van der Waals surface area (Å²) in [5.41, 5.74) is 4.99. The number of benzene rings is 3. The molecule has 452 valence electrons. The van der Waals surface area contributed by atoms with E-state index in [0.717, 1.165) is 163 Å². The molecule has 1 aliphatic rings. The molecule has 9 heteroatoms. The molecule has 0 radical (unpaired) electrons. The maximum atomic E-state index is 15.1. The van der Waals surface area contributed by atoms with Crippen molar-refractivity contribution in [1.82, 2.24) is 4.90 Å². The van der Waals surface area contributed by atoms with Crippen LogP contribution in [0.4, 0.5) is 0 Å². The molecule has 85 heavy (non-hydrogen) atoms. The van der Waals surface area contributed by atoms with Gasteiger partial charge in [-0.3, -0.25) is 14.5 Å². The van der Waals surface area contributed by atoms with Crippen LogP contribution < -0.4 is 0 Å². The minimum absolute atomic E-state index is 0.121. The van der Waals surface area contributed by atoms with Gasteiger partial charge in [-0.05, 0) is 85.0 Å². The third-order valence-electron chi connectivity index (χ3n) is 19.1. The molecule has 0 saturated heterocycles. The van der Waals surface area contributed by atoms with Gasteiger partial charge in [0.1, 0.15) is 27.9 Å². The van der Waals surface area contributed by atoms with E-state index < -0.39 is 5.41 Å². The van der Waals surface area contributed by atoms with Crippen LogP contribution in [0.5, 0.6) is 0 Å². The van der Waals surface area contributed by atoms with Crippen LogP contribution in [0.2, 0.25) is 0 Å². The smallest absolute Gasteiger partial charge is 0.271 e. The number of fused-ring (bicyclic) bond motifs is 5. The number of hydrogen-bond acceptors (Lipinski definition) is 8. The number of unbranched alkanes of at least 4 members (excludes halogenated alkanes) is 9. The first-order chi connectivity index (χ1) is 41.5. The second-order valence-corrected chi connectivity index (χ2v) is 29.3. The number of imide groups is 1. The summed E-state index contributed by atoms with van der Waals surface area (Å²) in [7, 11) is 0. The van der Waals surface area contributed by atoms with E-state index in [0.29, 0.717) is 28.8 Å². The van der Waals surface area contributed by atoms with Gasteiger partial charge >= 0.3 is 0 Å². The lowest BCUT2D eigenvalue weighted by Crippen LogP contribution is -2.31. The quantitative estimate of drug-likeness (QED) is 0.0298. The maximum Gasteiger partial charge on any atom is 0.271 e. The SMILES string of the molecule is CCCCCCCN1C(=O)c2sc3c(-c4cc5c(-c6ccc(CC(CC)CCCC)o6)c6sc(C(CCC)(CCCC)c7ccccc7)cc6c(-c6ccc(CC(CC)CCCC)o6)c5s4)sc(C(C)(CCCCC)c4ccccc4)c3c2C1=O. The molecule has 5 nitrogen and oxygen atoms in total. The number of furan rings is 2. The number of rotatable bonds is 34. The van der Waals surface area contributed by atoms with E-state index in [-0.39, 0.29) is 17.2 Å². The molecule has 2 amide bonds. The highest BCUT2D eigenvalue weighted by Crippen LogP contribution is 2.59. The molecular weight excluding hydrogens is 1120 g/mol. The third kappa shape index (κ3) is 12.8. The number of thiophene rings is 4. The van der Waals surface area contributed by atoms with Crippen molar-refractivity contribution in [1.29, 1.82) is 0 Å². The summed E-state index contributed by atoms with van der Waals surface area (Å²) in [4.78, 5) is 37.0. The Morgan fingerprint density at radius 1 is 0.482 bits per heavy atom. The highest BCUT2D eigenvalue weighted by atomic mass is 32.1. The lowest BCUT2D eigenvalue weighted by molar-refractivity contribution is 0.0653. The van der Waals surface area contributed by atoms with E-state index >= 15 is 4.79 Å². The Morgan fingerprint density at radius 3 is 1.64 bits per heavy atom. The Labute approximate surface area is 525 Å². The Morgan fingerprint density at radius 2 is 1.05 bits per heavy atom. The maximum absolute atomic E-state index is 15.1. The summed E-state index contributed by atoms with van der Waals surface area (Å²) < 4.78 is 18.1. The molecule has 1 aliphatic heterocycles. The van der Waals surface area contributed by atoms with Gasteiger partial charge in [0.2, 0.25) is 0 Å². The van der Waals surface area contributed by atoms with Crippen LogP contribution in [0.1, 0.15) is 256 Å². The van der Waals surface area contributed by atoms with E-state index in [1.165, 1.54) is 86.0 Å². The third-order valence-corrected chi connectivity index (χ3v) is 24.6. The van der Waals surface area contributed by atoms with E-state index in [1.54, 1.807) is 16.2 Å². The second kappa shape index (κ2) is 28.8. The Hall–Kier alpha value is -5.06. The van der Waals surface area contributed by atoms with Gasteiger partial charge in [-0.1, -0.05) is 239 Å². The van der Waals surface area contributed by atoms with Gasteiger partial charge in [-0.15, -0.1) is 45.3 Å². The monoisotopic (exact) mass is 1210 g/mol. The van der Waals surface area contributed by atoms with Crippen molar-refractivity contribution in [2.75, 3.05) is 6.54 Å².